The van der Waals surface area contributed by atoms with Crippen molar-refractivity contribution >= 4 is 11.9 Å². The molecule has 1 atom stereocenters. The Labute approximate surface area is 210 Å². The summed E-state index contributed by atoms with van der Waals surface area (Å²) < 4.78 is 75.1. The molecule has 0 aliphatic carbocycles. The van der Waals surface area contributed by atoms with Crippen LogP contribution >= 0.6 is 0 Å². The predicted molar refractivity (Wildman–Crippen MR) is 125 cm³/mol. The molecule has 0 spiro atoms. The van der Waals surface area contributed by atoms with Crippen molar-refractivity contribution in [3.8, 4) is 0 Å². The molecule has 1 heterocycles. The molecule has 192 valence electrons. The zero-order valence-electron chi connectivity index (χ0n) is 19.7. The first-order chi connectivity index (χ1) is 17.6. The lowest BCUT2D eigenvalue weighted by Crippen LogP contribution is -2.38. The third-order valence-electron chi connectivity index (χ3n) is 6.26. The van der Waals surface area contributed by atoms with Gasteiger partial charge in [0.25, 0.3) is 0 Å². The maximum atomic E-state index is 14.4. The lowest BCUT2D eigenvalue weighted by molar-refractivity contribution is -0.143. The highest BCUT2D eigenvalue weighted by molar-refractivity contribution is 5.96. The number of carbonyl (C=O) groups excluding carboxylic acids is 2. The van der Waals surface area contributed by atoms with Gasteiger partial charge in [0.15, 0.2) is 11.6 Å². The third kappa shape index (κ3) is 5.55. The van der Waals surface area contributed by atoms with Crippen LogP contribution in [0.4, 0.5) is 22.0 Å². The number of hydrogen-bond acceptors (Lipinski definition) is 3. The van der Waals surface area contributed by atoms with Crippen LogP contribution in [0.15, 0.2) is 84.1 Å². The Morgan fingerprint density at radius 1 is 0.973 bits per heavy atom. The van der Waals surface area contributed by atoms with Crippen molar-refractivity contribution in [1.82, 2.24) is 4.90 Å². The van der Waals surface area contributed by atoms with Gasteiger partial charge in [-0.25, -0.2) is 13.6 Å². The molecule has 0 fully saturated rings. The molecule has 0 N–H and O–H groups in total. The van der Waals surface area contributed by atoms with Gasteiger partial charge in [-0.05, 0) is 30.2 Å². The van der Waals surface area contributed by atoms with E-state index in [9.17, 15) is 31.5 Å². The Morgan fingerprint density at radius 2 is 1.65 bits per heavy atom. The molecular weight excluding hydrogens is 493 g/mol. The minimum atomic E-state index is -4.73. The zero-order chi connectivity index (χ0) is 26.7. The van der Waals surface area contributed by atoms with Crippen LogP contribution in [0.2, 0.25) is 0 Å². The number of amides is 1. The van der Waals surface area contributed by atoms with E-state index in [1.807, 2.05) is 0 Å². The number of carbonyl (C=O) groups is 2. The maximum absolute atomic E-state index is 14.4. The van der Waals surface area contributed by atoms with Crippen molar-refractivity contribution in [2.24, 2.45) is 0 Å². The summed E-state index contributed by atoms with van der Waals surface area (Å²) in [6.45, 7) is 0.838. The molecule has 1 amide bonds. The number of ether oxygens (including phenoxy) is 1. The number of benzene rings is 3. The smallest absolute Gasteiger partial charge is 0.416 e. The Bertz CT molecular complexity index is 1350. The molecule has 1 aliphatic heterocycles. The van der Waals surface area contributed by atoms with Crippen molar-refractivity contribution in [2.75, 3.05) is 0 Å². The van der Waals surface area contributed by atoms with E-state index in [1.54, 1.807) is 30.3 Å². The van der Waals surface area contributed by atoms with Crippen LogP contribution in [0.25, 0.3) is 0 Å². The molecule has 9 heteroatoms. The van der Waals surface area contributed by atoms with Crippen LogP contribution in [-0.2, 0) is 33.7 Å². The molecule has 1 aliphatic rings. The zero-order valence-corrected chi connectivity index (χ0v) is 19.7. The largest absolute Gasteiger partial charge is 0.457 e. The molecule has 4 rings (SSSR count). The standard InChI is InChI=1S/C28H22F5NO3/c1-17-25(27(36)37-16-18-8-3-2-4-9-18)21(20-11-5-6-12-22(20)28(31,32)33)14-24(35)34(17)15-19-10-7-13-23(29)26(19)30/h2-13,21H,14-16H2,1H3. The molecule has 3 aromatic rings. The van der Waals surface area contributed by atoms with Gasteiger partial charge in [-0.3, -0.25) is 4.79 Å². The van der Waals surface area contributed by atoms with Crippen molar-refractivity contribution < 1.29 is 36.3 Å². The van der Waals surface area contributed by atoms with Crippen molar-refractivity contribution in [2.45, 2.75) is 38.6 Å². The first kappa shape index (κ1) is 26.1. The van der Waals surface area contributed by atoms with Gasteiger partial charge >= 0.3 is 12.1 Å². The second-order valence-corrected chi connectivity index (χ2v) is 8.60. The van der Waals surface area contributed by atoms with E-state index < -0.39 is 54.1 Å². The number of allylic oxidation sites excluding steroid dienone is 1. The average molecular weight is 515 g/mol. The van der Waals surface area contributed by atoms with Crippen LogP contribution in [-0.4, -0.2) is 16.8 Å². The third-order valence-corrected chi connectivity index (χ3v) is 6.26. The van der Waals surface area contributed by atoms with Crippen molar-refractivity contribution in [3.05, 3.63) is 118 Å². The molecule has 0 bridgehead atoms. The van der Waals surface area contributed by atoms with E-state index in [0.717, 1.165) is 17.0 Å². The number of rotatable bonds is 6. The van der Waals surface area contributed by atoms with Crippen LogP contribution in [0.3, 0.4) is 0 Å². The van der Waals surface area contributed by atoms with E-state index in [-0.39, 0.29) is 29.0 Å². The summed E-state index contributed by atoms with van der Waals surface area (Å²) in [5, 5.41) is 0. The number of halogens is 5. The Hall–Kier alpha value is -4.01. The van der Waals surface area contributed by atoms with Crippen LogP contribution in [0.5, 0.6) is 0 Å². The van der Waals surface area contributed by atoms with Crippen LogP contribution < -0.4 is 0 Å². The first-order valence-electron chi connectivity index (χ1n) is 11.4. The Morgan fingerprint density at radius 3 is 2.35 bits per heavy atom. The summed E-state index contributed by atoms with van der Waals surface area (Å²) in [4.78, 5) is 27.5. The predicted octanol–water partition coefficient (Wildman–Crippen LogP) is 6.52. The van der Waals surface area contributed by atoms with E-state index >= 15 is 0 Å². The molecular formula is C28H22F5NO3. The summed E-state index contributed by atoms with van der Waals surface area (Å²) >= 11 is 0. The Kier molecular flexibility index (Phi) is 7.42. The molecule has 3 aromatic carbocycles. The van der Waals surface area contributed by atoms with Gasteiger partial charge in [0.1, 0.15) is 6.61 Å². The summed E-state index contributed by atoms with van der Waals surface area (Å²) in [5.41, 5.74) is -0.834. The molecule has 4 nitrogen and oxygen atoms in total. The normalized spacial score (nSPS) is 16.2. The van der Waals surface area contributed by atoms with Crippen LogP contribution in [0.1, 0.15) is 41.5 Å². The highest BCUT2D eigenvalue weighted by Crippen LogP contribution is 2.43. The summed E-state index contributed by atoms with van der Waals surface area (Å²) in [5.74, 6) is -5.05. The van der Waals surface area contributed by atoms with Gasteiger partial charge in [-0.1, -0.05) is 60.7 Å². The second-order valence-electron chi connectivity index (χ2n) is 8.60. The lowest BCUT2D eigenvalue weighted by atomic mass is 9.81. The fraction of sp³-hybridized carbons (Fsp3) is 0.214. The summed E-state index contributed by atoms with van der Waals surface area (Å²) in [6.07, 6.45) is -5.22. The van der Waals surface area contributed by atoms with E-state index in [4.69, 9.17) is 4.74 Å². The fourth-order valence-electron chi connectivity index (χ4n) is 4.43. The van der Waals surface area contributed by atoms with Gasteiger partial charge in [-0.15, -0.1) is 0 Å². The van der Waals surface area contributed by atoms with E-state index in [0.29, 0.717) is 5.56 Å². The Balaban J connectivity index is 1.78. The average Bonchev–Trinajstić information content (AvgIpc) is 2.87. The second kappa shape index (κ2) is 10.5. The number of esters is 1. The highest BCUT2D eigenvalue weighted by atomic mass is 19.4. The minimum absolute atomic E-state index is 0.0138. The highest BCUT2D eigenvalue weighted by Gasteiger charge is 2.42. The van der Waals surface area contributed by atoms with E-state index in [1.165, 1.54) is 37.3 Å². The van der Waals surface area contributed by atoms with Gasteiger partial charge in [0.2, 0.25) is 5.91 Å². The molecule has 37 heavy (non-hydrogen) atoms. The van der Waals surface area contributed by atoms with Gasteiger partial charge in [0, 0.05) is 23.6 Å². The van der Waals surface area contributed by atoms with Crippen molar-refractivity contribution in [3.63, 3.8) is 0 Å². The van der Waals surface area contributed by atoms with Gasteiger partial charge in [0.05, 0.1) is 17.7 Å². The monoisotopic (exact) mass is 515 g/mol. The quantitative estimate of drug-likeness (QED) is 0.278. The van der Waals surface area contributed by atoms with Crippen LogP contribution in [0, 0.1) is 11.6 Å². The molecule has 1 unspecified atom stereocenters. The van der Waals surface area contributed by atoms with E-state index in [2.05, 4.69) is 0 Å². The summed E-state index contributed by atoms with van der Waals surface area (Å²) in [6, 6.07) is 16.9. The van der Waals surface area contributed by atoms with Crippen molar-refractivity contribution in [1.29, 1.82) is 0 Å². The summed E-state index contributed by atoms with van der Waals surface area (Å²) in [7, 11) is 0. The number of hydrogen-bond donors (Lipinski definition) is 0. The van der Waals surface area contributed by atoms with Gasteiger partial charge < -0.3 is 9.64 Å². The molecule has 0 radical (unpaired) electrons. The SMILES string of the molecule is CC1=C(C(=O)OCc2ccccc2)C(c2ccccc2C(F)(F)F)CC(=O)N1Cc1cccc(F)c1F. The lowest BCUT2D eigenvalue weighted by Gasteiger charge is -2.35. The molecule has 0 aromatic heterocycles. The fourth-order valence-corrected chi connectivity index (χ4v) is 4.43. The number of alkyl halides is 3. The molecule has 0 saturated carbocycles. The van der Waals surface area contributed by atoms with Gasteiger partial charge in [-0.2, -0.15) is 13.2 Å². The number of nitrogens with zero attached hydrogens (tertiary/aromatic N) is 1. The minimum Gasteiger partial charge on any atom is -0.457 e. The first-order valence-corrected chi connectivity index (χ1v) is 11.4. The maximum Gasteiger partial charge on any atom is 0.416 e. The molecule has 0 saturated heterocycles. The topological polar surface area (TPSA) is 46.6 Å².